The summed E-state index contributed by atoms with van der Waals surface area (Å²) in [7, 11) is 0. The van der Waals surface area contributed by atoms with Crippen molar-refractivity contribution in [2.75, 3.05) is 6.67 Å². The van der Waals surface area contributed by atoms with Crippen molar-refractivity contribution in [2.45, 2.75) is 54.1 Å². The highest BCUT2D eigenvalue weighted by Crippen LogP contribution is 2.19. The smallest absolute Gasteiger partial charge is 0.337 e. The molecule has 1 aromatic carbocycles. The highest BCUT2D eigenvalue weighted by Gasteiger charge is 2.32. The number of rotatable bonds is 4. The molecule has 0 aliphatic rings. The van der Waals surface area contributed by atoms with Gasteiger partial charge in [-0.2, -0.15) is 0 Å². The summed E-state index contributed by atoms with van der Waals surface area (Å²) in [6.45, 7) is 17.5. The number of allylic oxidation sites excluding steroid dienone is 2. The molecule has 0 saturated carbocycles. The Morgan fingerprint density at radius 3 is 2.06 bits per heavy atom. The van der Waals surface area contributed by atoms with Crippen LogP contribution in [-0.4, -0.2) is 33.8 Å². The largest absolute Gasteiger partial charge is 0.368 e. The topological polar surface area (TPSA) is 99.1 Å². The second-order valence-corrected chi connectivity index (χ2v) is 8.00. The molecule has 7 nitrogen and oxygen atoms in total. The Hall–Kier alpha value is -3.16. The van der Waals surface area contributed by atoms with E-state index in [4.69, 9.17) is 5.73 Å². The number of aromatic nitrogens is 2. The number of primary amides is 1. The van der Waals surface area contributed by atoms with E-state index in [1.54, 1.807) is 58.0 Å². The summed E-state index contributed by atoms with van der Waals surface area (Å²) < 4.78 is 13.6. The molecule has 1 aromatic heterocycles. The number of carbonyl (C=O) groups is 2. The van der Waals surface area contributed by atoms with Crippen molar-refractivity contribution >= 4 is 23.0 Å². The van der Waals surface area contributed by atoms with Crippen molar-refractivity contribution in [1.82, 2.24) is 14.5 Å². The molecule has 1 atom stereocenters. The number of fused-ring (bicyclic) bond motifs is 1. The maximum absolute atomic E-state index is 12.6. The number of nitrogens with zero attached hydrogens (tertiary/aromatic N) is 2. The van der Waals surface area contributed by atoms with E-state index in [1.807, 2.05) is 13.8 Å². The lowest BCUT2D eigenvalue weighted by molar-refractivity contribution is -0.122. The Kier molecular flexibility index (Phi) is 11.2. The Morgan fingerprint density at radius 2 is 1.71 bits per heavy atom. The van der Waals surface area contributed by atoms with Gasteiger partial charge in [0.1, 0.15) is 12.7 Å². The molecule has 0 aliphatic carbocycles. The zero-order valence-corrected chi connectivity index (χ0v) is 19.4. The lowest BCUT2D eigenvalue weighted by atomic mass is 9.86. The quantitative estimate of drug-likeness (QED) is 0.711. The number of alkyl halides is 1. The van der Waals surface area contributed by atoms with Gasteiger partial charge in [0.25, 0.3) is 0 Å². The van der Waals surface area contributed by atoms with Crippen LogP contribution in [0.15, 0.2) is 53.9 Å². The average Bonchev–Trinajstić information content (AvgIpc) is 2.97. The lowest BCUT2D eigenvalue weighted by Crippen LogP contribution is -2.54. The first-order chi connectivity index (χ1) is 14.4. The predicted molar refractivity (Wildman–Crippen MR) is 125 cm³/mol. The normalized spacial score (nSPS) is 11.3. The summed E-state index contributed by atoms with van der Waals surface area (Å²) in [6, 6.07) is 5.49. The number of hydrogen-bond donors (Lipinski definition) is 2. The first-order valence-corrected chi connectivity index (χ1v) is 9.95. The van der Waals surface area contributed by atoms with Gasteiger partial charge in [0, 0.05) is 6.54 Å². The van der Waals surface area contributed by atoms with Crippen LogP contribution in [0, 0.1) is 5.41 Å². The van der Waals surface area contributed by atoms with Crippen molar-refractivity contribution in [2.24, 2.45) is 11.1 Å². The van der Waals surface area contributed by atoms with E-state index in [0.29, 0.717) is 23.2 Å². The SMILES string of the molecule is C=C(C)CF.C=CC.CCn1c(=O)n(C(=O)N[C@H](C(N)=O)C(C)(C)C)c2ccccc21. The molecule has 2 rings (SSSR count). The third-order valence-corrected chi connectivity index (χ3v) is 4.00. The number of nitrogens with two attached hydrogens (primary N) is 1. The molecule has 172 valence electrons. The van der Waals surface area contributed by atoms with E-state index < -0.39 is 29.1 Å². The highest BCUT2D eigenvalue weighted by molar-refractivity contribution is 5.92. The van der Waals surface area contributed by atoms with Gasteiger partial charge in [-0.3, -0.25) is 9.36 Å². The Balaban J connectivity index is 0.000000968. The summed E-state index contributed by atoms with van der Waals surface area (Å²) in [6.07, 6.45) is 1.75. The Labute approximate surface area is 183 Å². The summed E-state index contributed by atoms with van der Waals surface area (Å²) in [5.74, 6) is -0.641. The standard InChI is InChI=1S/C16H22N4O3.C4H7F.C3H6/c1-5-19-10-8-6-7-9-11(10)20(15(19)23)14(22)18-12(13(17)21)16(2,3)4;1-4(2)3-5;1-3-2/h6-9,12H,5H2,1-4H3,(H2,17,21)(H,18,22);1,3H2,2H3;3H,1H2,2H3/t12-;;/m1../s1. The molecule has 8 heteroatoms. The number of nitrogens with one attached hydrogen (secondary N) is 1. The van der Waals surface area contributed by atoms with E-state index in [0.717, 1.165) is 4.57 Å². The molecule has 0 spiro atoms. The van der Waals surface area contributed by atoms with Gasteiger partial charge in [-0.15, -0.1) is 6.58 Å². The number of amides is 2. The fourth-order valence-corrected chi connectivity index (χ4v) is 2.61. The average molecular weight is 435 g/mol. The summed E-state index contributed by atoms with van der Waals surface area (Å²) in [5.41, 5.74) is 6.13. The monoisotopic (exact) mass is 434 g/mol. The van der Waals surface area contributed by atoms with Gasteiger partial charge in [-0.25, -0.2) is 18.5 Å². The minimum Gasteiger partial charge on any atom is -0.368 e. The van der Waals surface area contributed by atoms with Crippen LogP contribution in [0.1, 0.15) is 41.5 Å². The molecule has 2 amide bonds. The van der Waals surface area contributed by atoms with E-state index in [1.165, 1.54) is 4.57 Å². The summed E-state index contributed by atoms with van der Waals surface area (Å²) in [5, 5.41) is 2.58. The number of benzene rings is 1. The Morgan fingerprint density at radius 1 is 1.26 bits per heavy atom. The van der Waals surface area contributed by atoms with Gasteiger partial charge in [0.2, 0.25) is 5.91 Å². The van der Waals surface area contributed by atoms with Gasteiger partial charge >= 0.3 is 11.7 Å². The van der Waals surface area contributed by atoms with Crippen molar-refractivity contribution in [3.05, 3.63) is 59.6 Å². The summed E-state index contributed by atoms with van der Waals surface area (Å²) >= 11 is 0. The fraction of sp³-hybridized carbons (Fsp3) is 0.435. The van der Waals surface area contributed by atoms with Crippen molar-refractivity contribution in [1.29, 1.82) is 0 Å². The molecule has 0 fully saturated rings. The van der Waals surface area contributed by atoms with Gasteiger partial charge in [-0.05, 0) is 43.9 Å². The molecule has 3 N–H and O–H groups in total. The molecule has 31 heavy (non-hydrogen) atoms. The molecule has 0 bridgehead atoms. The van der Waals surface area contributed by atoms with E-state index in [-0.39, 0.29) is 6.67 Å². The van der Waals surface area contributed by atoms with Crippen LogP contribution < -0.4 is 16.7 Å². The third kappa shape index (κ3) is 7.88. The first-order valence-electron chi connectivity index (χ1n) is 9.95. The highest BCUT2D eigenvalue weighted by atomic mass is 19.1. The minimum absolute atomic E-state index is 0.389. The Bertz CT molecular complexity index is 967. The molecule has 1 heterocycles. The maximum Gasteiger partial charge on any atom is 0.337 e. The number of para-hydroxylation sites is 2. The molecule has 0 radical (unpaired) electrons. The van der Waals surface area contributed by atoms with Crippen LogP contribution >= 0.6 is 0 Å². The van der Waals surface area contributed by atoms with Crippen LogP contribution in [0.3, 0.4) is 0 Å². The fourth-order valence-electron chi connectivity index (χ4n) is 2.61. The van der Waals surface area contributed by atoms with Crippen LogP contribution in [0.2, 0.25) is 0 Å². The van der Waals surface area contributed by atoms with Crippen LogP contribution in [0.25, 0.3) is 11.0 Å². The van der Waals surface area contributed by atoms with Gasteiger partial charge < -0.3 is 11.1 Å². The van der Waals surface area contributed by atoms with Gasteiger partial charge in [0.15, 0.2) is 0 Å². The second kappa shape index (κ2) is 12.5. The van der Waals surface area contributed by atoms with Gasteiger partial charge in [0.05, 0.1) is 11.0 Å². The van der Waals surface area contributed by atoms with E-state index >= 15 is 0 Å². The first kappa shape index (κ1) is 27.8. The van der Waals surface area contributed by atoms with Crippen LogP contribution in [0.4, 0.5) is 9.18 Å². The molecular weight excluding hydrogens is 399 g/mol. The maximum atomic E-state index is 12.6. The molecule has 0 saturated heterocycles. The van der Waals surface area contributed by atoms with Crippen molar-refractivity contribution in [3.8, 4) is 0 Å². The van der Waals surface area contributed by atoms with Crippen LogP contribution in [0.5, 0.6) is 0 Å². The molecular formula is C23H35FN4O3. The number of halogens is 1. The summed E-state index contributed by atoms with van der Waals surface area (Å²) in [4.78, 5) is 36.7. The molecule has 0 unspecified atom stereocenters. The predicted octanol–water partition coefficient (Wildman–Crippen LogP) is 4.00. The van der Waals surface area contributed by atoms with E-state index in [2.05, 4.69) is 18.5 Å². The van der Waals surface area contributed by atoms with Crippen LogP contribution in [-0.2, 0) is 11.3 Å². The van der Waals surface area contributed by atoms with Crippen molar-refractivity contribution in [3.63, 3.8) is 0 Å². The number of carbonyl (C=O) groups excluding carboxylic acids is 2. The lowest BCUT2D eigenvalue weighted by Gasteiger charge is -2.28. The number of imidazole rings is 1. The second-order valence-electron chi connectivity index (χ2n) is 8.00. The van der Waals surface area contributed by atoms with Crippen molar-refractivity contribution < 1.29 is 14.0 Å². The number of hydrogen-bond acceptors (Lipinski definition) is 3. The zero-order chi connectivity index (χ0) is 24.4. The van der Waals surface area contributed by atoms with E-state index in [9.17, 15) is 18.8 Å². The van der Waals surface area contributed by atoms with Gasteiger partial charge in [-0.1, -0.05) is 45.6 Å². The minimum atomic E-state index is -0.884. The number of aryl methyl sites for hydroxylation is 1. The molecule has 2 aromatic rings. The molecule has 0 aliphatic heterocycles. The third-order valence-electron chi connectivity index (χ3n) is 4.00. The zero-order valence-electron chi connectivity index (χ0n) is 19.4.